The average Bonchev–Trinajstić information content (AvgIpc) is 2.37. The summed E-state index contributed by atoms with van der Waals surface area (Å²) in [6.45, 7) is 2.86. The molecule has 1 rings (SSSR count). The highest BCUT2D eigenvalue weighted by atomic mass is 16.5. The number of carbonyl (C=O) groups is 1. The monoisotopic (exact) mass is 156 g/mol. The largest absolute Gasteiger partial charge is 0.465 e. The van der Waals surface area contributed by atoms with Crippen LogP contribution in [0.1, 0.15) is 39.0 Å². The van der Waals surface area contributed by atoms with Crippen LogP contribution in [0, 0.1) is 5.92 Å². The van der Waals surface area contributed by atoms with E-state index >= 15 is 0 Å². The van der Waals surface area contributed by atoms with Crippen molar-refractivity contribution in [3.8, 4) is 0 Å². The number of cyclic esters (lactones) is 1. The first kappa shape index (κ1) is 8.57. The Balaban J connectivity index is 2.04. The number of carbonyl (C=O) groups excluding carboxylic acids is 1. The van der Waals surface area contributed by atoms with Crippen molar-refractivity contribution in [3.63, 3.8) is 0 Å². The molecule has 0 spiro atoms. The number of esters is 1. The maximum absolute atomic E-state index is 10.7. The van der Waals surface area contributed by atoms with Gasteiger partial charge in [-0.05, 0) is 6.42 Å². The Bertz CT molecular complexity index is 132. The maximum atomic E-state index is 10.7. The lowest BCUT2D eigenvalue weighted by molar-refractivity contribution is -0.137. The molecule has 0 aliphatic carbocycles. The second-order valence-corrected chi connectivity index (χ2v) is 3.25. The Morgan fingerprint density at radius 3 is 2.91 bits per heavy atom. The van der Waals surface area contributed by atoms with Crippen molar-refractivity contribution < 1.29 is 9.53 Å². The molecule has 64 valence electrons. The SMILES string of the molecule is CCCCC[C@@H]1COC(=O)C1. The van der Waals surface area contributed by atoms with Crippen molar-refractivity contribution in [2.45, 2.75) is 39.0 Å². The van der Waals surface area contributed by atoms with Crippen molar-refractivity contribution in [1.29, 1.82) is 0 Å². The van der Waals surface area contributed by atoms with Crippen LogP contribution >= 0.6 is 0 Å². The standard InChI is InChI=1S/C9H16O2/c1-2-3-4-5-8-6-9(10)11-7-8/h8H,2-7H2,1H3/t8-/m0/s1. The van der Waals surface area contributed by atoms with E-state index in [0.29, 0.717) is 18.9 Å². The molecule has 11 heavy (non-hydrogen) atoms. The smallest absolute Gasteiger partial charge is 0.306 e. The molecular formula is C9H16O2. The van der Waals surface area contributed by atoms with Crippen molar-refractivity contribution >= 4 is 5.97 Å². The number of ether oxygens (including phenoxy) is 1. The molecule has 1 saturated heterocycles. The van der Waals surface area contributed by atoms with Gasteiger partial charge in [0.25, 0.3) is 0 Å². The first-order chi connectivity index (χ1) is 5.33. The lowest BCUT2D eigenvalue weighted by atomic mass is 10.0. The van der Waals surface area contributed by atoms with Gasteiger partial charge in [-0.3, -0.25) is 4.79 Å². The third kappa shape index (κ3) is 2.91. The van der Waals surface area contributed by atoms with Gasteiger partial charge in [0.1, 0.15) is 0 Å². The first-order valence-corrected chi connectivity index (χ1v) is 4.48. The summed E-state index contributed by atoms with van der Waals surface area (Å²) in [4.78, 5) is 10.7. The highest BCUT2D eigenvalue weighted by Gasteiger charge is 2.22. The second-order valence-electron chi connectivity index (χ2n) is 3.25. The van der Waals surface area contributed by atoms with Gasteiger partial charge in [-0.1, -0.05) is 26.2 Å². The zero-order chi connectivity index (χ0) is 8.10. The minimum absolute atomic E-state index is 0.00787. The molecule has 2 heteroatoms. The molecule has 1 atom stereocenters. The summed E-state index contributed by atoms with van der Waals surface area (Å²) >= 11 is 0. The third-order valence-corrected chi connectivity index (χ3v) is 2.15. The number of hydrogen-bond acceptors (Lipinski definition) is 2. The van der Waals surface area contributed by atoms with E-state index in [0.717, 1.165) is 0 Å². The second kappa shape index (κ2) is 4.37. The average molecular weight is 156 g/mol. The highest BCUT2D eigenvalue weighted by molar-refractivity contribution is 5.71. The summed E-state index contributed by atoms with van der Waals surface area (Å²) in [6.07, 6.45) is 5.60. The molecular weight excluding hydrogens is 140 g/mol. The predicted molar refractivity (Wildman–Crippen MR) is 43.2 cm³/mol. The Labute approximate surface area is 67.9 Å². The van der Waals surface area contributed by atoms with Crippen LogP contribution in [0.3, 0.4) is 0 Å². The Hall–Kier alpha value is -0.530. The van der Waals surface area contributed by atoms with Gasteiger partial charge in [-0.2, -0.15) is 0 Å². The summed E-state index contributed by atoms with van der Waals surface area (Å²) < 4.78 is 4.86. The molecule has 0 amide bonds. The zero-order valence-corrected chi connectivity index (χ0v) is 7.14. The Morgan fingerprint density at radius 2 is 2.36 bits per heavy atom. The lowest BCUT2D eigenvalue weighted by Gasteiger charge is -2.03. The first-order valence-electron chi connectivity index (χ1n) is 4.48. The van der Waals surface area contributed by atoms with Gasteiger partial charge in [0, 0.05) is 5.92 Å². The topological polar surface area (TPSA) is 26.3 Å². The van der Waals surface area contributed by atoms with Crippen LogP contribution in [0.25, 0.3) is 0 Å². The van der Waals surface area contributed by atoms with Crippen molar-refractivity contribution in [2.24, 2.45) is 5.92 Å². The number of rotatable bonds is 4. The fraction of sp³-hybridized carbons (Fsp3) is 0.889. The van der Waals surface area contributed by atoms with Gasteiger partial charge in [0.05, 0.1) is 13.0 Å². The molecule has 1 aliphatic rings. The molecule has 2 nitrogen and oxygen atoms in total. The molecule has 0 aromatic carbocycles. The molecule has 0 radical (unpaired) electrons. The molecule has 1 heterocycles. The molecule has 0 aromatic heterocycles. The van der Waals surface area contributed by atoms with Crippen LogP contribution in [0.5, 0.6) is 0 Å². The van der Waals surface area contributed by atoms with Gasteiger partial charge in [0.15, 0.2) is 0 Å². The van der Waals surface area contributed by atoms with E-state index in [-0.39, 0.29) is 5.97 Å². The van der Waals surface area contributed by atoms with Crippen LogP contribution < -0.4 is 0 Å². The van der Waals surface area contributed by atoms with Gasteiger partial charge in [0.2, 0.25) is 0 Å². The summed E-state index contributed by atoms with van der Waals surface area (Å²) in [5.74, 6) is 0.514. The number of hydrogen-bond donors (Lipinski definition) is 0. The predicted octanol–water partition coefficient (Wildman–Crippen LogP) is 2.13. The van der Waals surface area contributed by atoms with Crippen LogP contribution in [0.4, 0.5) is 0 Å². The van der Waals surface area contributed by atoms with Crippen LogP contribution in [-0.4, -0.2) is 12.6 Å². The number of unbranched alkanes of at least 4 members (excludes halogenated alkanes) is 2. The van der Waals surface area contributed by atoms with Crippen molar-refractivity contribution in [2.75, 3.05) is 6.61 Å². The summed E-state index contributed by atoms with van der Waals surface area (Å²) in [5.41, 5.74) is 0. The van der Waals surface area contributed by atoms with Gasteiger partial charge in [-0.15, -0.1) is 0 Å². The van der Waals surface area contributed by atoms with Crippen molar-refractivity contribution in [1.82, 2.24) is 0 Å². The minimum Gasteiger partial charge on any atom is -0.465 e. The Morgan fingerprint density at radius 1 is 1.55 bits per heavy atom. The lowest BCUT2D eigenvalue weighted by Crippen LogP contribution is -1.98. The zero-order valence-electron chi connectivity index (χ0n) is 7.14. The van der Waals surface area contributed by atoms with Crippen LogP contribution in [-0.2, 0) is 9.53 Å². The summed E-state index contributed by atoms with van der Waals surface area (Å²) in [7, 11) is 0. The third-order valence-electron chi connectivity index (χ3n) is 2.15. The highest BCUT2D eigenvalue weighted by Crippen LogP contribution is 2.20. The molecule has 0 bridgehead atoms. The van der Waals surface area contributed by atoms with E-state index in [2.05, 4.69) is 6.92 Å². The molecule has 0 aromatic rings. The normalized spacial score (nSPS) is 23.7. The van der Waals surface area contributed by atoms with E-state index in [1.165, 1.54) is 25.7 Å². The summed E-state index contributed by atoms with van der Waals surface area (Å²) in [5, 5.41) is 0. The summed E-state index contributed by atoms with van der Waals surface area (Å²) in [6, 6.07) is 0. The quantitative estimate of drug-likeness (QED) is 0.460. The minimum atomic E-state index is -0.00787. The van der Waals surface area contributed by atoms with E-state index < -0.39 is 0 Å². The van der Waals surface area contributed by atoms with E-state index in [1.807, 2.05) is 0 Å². The maximum Gasteiger partial charge on any atom is 0.306 e. The van der Waals surface area contributed by atoms with Crippen LogP contribution in [0.15, 0.2) is 0 Å². The van der Waals surface area contributed by atoms with E-state index in [4.69, 9.17) is 4.74 Å². The molecule has 0 N–H and O–H groups in total. The Kier molecular flexibility index (Phi) is 3.40. The molecule has 1 aliphatic heterocycles. The van der Waals surface area contributed by atoms with Crippen molar-refractivity contribution in [3.05, 3.63) is 0 Å². The molecule has 1 fully saturated rings. The molecule has 0 saturated carbocycles. The fourth-order valence-corrected chi connectivity index (χ4v) is 1.43. The van der Waals surface area contributed by atoms with Gasteiger partial charge < -0.3 is 4.74 Å². The van der Waals surface area contributed by atoms with Crippen LogP contribution in [0.2, 0.25) is 0 Å². The van der Waals surface area contributed by atoms with Gasteiger partial charge in [-0.25, -0.2) is 0 Å². The van der Waals surface area contributed by atoms with E-state index in [9.17, 15) is 4.79 Å². The fourth-order valence-electron chi connectivity index (χ4n) is 1.43. The molecule has 0 unspecified atom stereocenters. The van der Waals surface area contributed by atoms with E-state index in [1.54, 1.807) is 0 Å². The van der Waals surface area contributed by atoms with Gasteiger partial charge >= 0.3 is 5.97 Å².